The number of rotatable bonds is 20. The van der Waals surface area contributed by atoms with E-state index in [4.69, 9.17) is 34.5 Å². The number of benzene rings is 3. The number of aryl methyl sites for hydroxylation is 3. The van der Waals surface area contributed by atoms with Gasteiger partial charge in [0.05, 0.1) is 38.4 Å². The van der Waals surface area contributed by atoms with Crippen molar-refractivity contribution in [2.45, 2.75) is 213 Å². The number of pyridine rings is 1. The Balaban J connectivity index is 0.000000267. The van der Waals surface area contributed by atoms with Crippen molar-refractivity contribution in [3.05, 3.63) is 235 Å². The number of carbonyl (C=O) groups is 3. The molecule has 1 saturated heterocycles. The number of allylic oxidation sites excluding steroid dienone is 5. The number of halogens is 4. The molecule has 0 atom stereocenters. The van der Waals surface area contributed by atoms with Gasteiger partial charge in [-0.2, -0.15) is 21.6 Å². The van der Waals surface area contributed by atoms with Crippen LogP contribution in [0.25, 0.3) is 71.2 Å². The molecule has 11 heterocycles. The Bertz CT molecular complexity index is 5840. The predicted molar refractivity (Wildman–Crippen MR) is 554 cm³/mol. The van der Waals surface area contributed by atoms with E-state index in [9.17, 15) is 36.0 Å². The number of methoxy groups -OCH3 is 3. The molecule has 3 aromatic carbocycles. The molecular weight excluding hydrogens is 1900 g/mol. The van der Waals surface area contributed by atoms with Gasteiger partial charge in [-0.25, -0.2) is 0 Å². The second kappa shape index (κ2) is 51.5. The summed E-state index contributed by atoms with van der Waals surface area (Å²) < 4.78 is 121. The zero-order valence-corrected chi connectivity index (χ0v) is 91.4. The summed E-state index contributed by atoms with van der Waals surface area (Å²) in [5, 5.41) is 6.07. The van der Waals surface area contributed by atoms with Gasteiger partial charge in [-0.05, 0) is 273 Å². The Morgan fingerprint density at radius 1 is 0.489 bits per heavy atom. The first-order valence-electron chi connectivity index (χ1n) is 44.7. The number of ether oxygens (including phenoxy) is 3. The van der Waals surface area contributed by atoms with Gasteiger partial charge in [-0.15, -0.1) is 34.0 Å². The zero-order valence-electron chi connectivity index (χ0n) is 85.1. The molecule has 0 aliphatic carbocycles. The van der Waals surface area contributed by atoms with E-state index < -0.39 is 34.2 Å². The minimum Gasteiger partial charge on any atom is -1.00 e. The number of hydrogen-bond acceptors (Lipinski definition) is 19. The fraction of sp³-hybridized carbons (Fsp3) is 0.412. The topological polar surface area (TPSA) is 215 Å². The van der Waals surface area contributed by atoms with E-state index in [1.165, 1.54) is 95.1 Å². The number of amides is 3. The van der Waals surface area contributed by atoms with Crippen LogP contribution in [0.1, 0.15) is 205 Å². The molecular formula is C102H133B4BrF3MgN7O15S4. The normalized spacial score (nSPS) is 12.6. The molecule has 7 aromatic heterocycles. The third-order valence-corrected chi connectivity index (χ3v) is 25.8. The van der Waals surface area contributed by atoms with E-state index in [-0.39, 0.29) is 95.9 Å². The van der Waals surface area contributed by atoms with Crippen LogP contribution >= 0.6 is 34.0 Å². The van der Waals surface area contributed by atoms with Crippen LogP contribution < -0.4 is 35.4 Å². The molecule has 1 fully saturated rings. The summed E-state index contributed by atoms with van der Waals surface area (Å²) >= 11 is 4.88. The van der Waals surface area contributed by atoms with Gasteiger partial charge in [-0.3, -0.25) is 24.9 Å². The molecule has 4 aliphatic rings. The zero-order chi connectivity index (χ0) is 100. The minimum absolute atomic E-state index is 0. The standard InChI is InChI=1S/C27H34N2O2S.C27H32N2O2S.C24H25F3N2O5S2.C12H21B3O3.C5H5N.C4H7.C3H9BO3.BrH.Mg/c2*1-17(2)13-19-14-20-18(15-23(19)31-7)10-11-29-22(26(30)28(6)27(3,4)5)16-21(25(20)29)24-9-8-12-32-24;1-23(2,3)28(4)22(30)17-12-16(20-7-6-10-35-20)21-15-13-19(34-36(31,32)24(25,26)27)18(33-5)11-14(15)8-9-29(17)21;1-10(2)7-13-16-14(8-11(3)4)18-15(17-13)9-12(5)6;1-2-4-6-5-3-1;1-4(2)3;1-5-4(6-2)7-3;;/h8-9,12,14-17H,10-11,13H2,1-7H3;8-9,12-16H,10-11H2,1-7H3;6-7,10-13H,8-9H2,1-5H3;7-9H,1-6H3;1-5H;1H,2-3H3;1-3H3;1H;/q;;;;;-1;;;+2/p-1. The first-order valence-corrected chi connectivity index (χ1v) is 48.7. The Morgan fingerprint density at radius 3 is 1.08 bits per heavy atom. The van der Waals surface area contributed by atoms with Gasteiger partial charge >= 0.3 is 67.4 Å². The van der Waals surface area contributed by atoms with Crippen molar-refractivity contribution in [2.24, 2.45) is 5.92 Å². The van der Waals surface area contributed by atoms with Crippen LogP contribution in [-0.2, 0) is 83.1 Å². The van der Waals surface area contributed by atoms with Crippen LogP contribution in [0.3, 0.4) is 0 Å². The maximum absolute atomic E-state index is 13.6. The summed E-state index contributed by atoms with van der Waals surface area (Å²) in [5.41, 5.74) is 15.4. The summed E-state index contributed by atoms with van der Waals surface area (Å²) in [4.78, 5) is 52.9. The maximum Gasteiger partial charge on any atom is 2.00 e. The second-order valence-corrected chi connectivity index (χ2v) is 41.9. The average Bonchev–Trinajstić information content (AvgIpc) is 1.60. The number of hydrogen-bond donors (Lipinski definition) is 0. The SMILES string of the molecule is CC(C)=CB1OB(C=C(C)C)OB(C=C(C)C)O1.COB(OC)OC.COc1cc2c(cc1C=C(C)C)-c1c(-c3cccs3)cc(C(=O)N(C)C(C)(C)C)n1CC2.COc1cc2c(cc1CC(C)C)-c1c(-c3cccs3)cc(C(=O)N(C)C(C)(C)C)n1CC2.COc1cc2c(cc1OS(=O)(=O)C(F)(F)F)-c1c(-c3cccs3)cc(C(=O)N(C)C(C)(C)C)n1CC2.[Br-].[CH-]=C(C)C.[Mg+2].c1ccncc1. The number of aromatic nitrogens is 4. The Morgan fingerprint density at radius 2 is 0.818 bits per heavy atom. The molecule has 0 bridgehead atoms. The van der Waals surface area contributed by atoms with Crippen molar-refractivity contribution < 1.29 is 99.0 Å². The molecule has 22 nitrogen and oxygen atoms in total. The molecule has 35 heteroatoms. The molecule has 0 unspecified atom stereocenters. The van der Waals surface area contributed by atoms with Crippen molar-refractivity contribution >= 4 is 120 Å². The molecule has 732 valence electrons. The van der Waals surface area contributed by atoms with Gasteiger partial charge in [0.25, 0.3) is 17.7 Å². The molecule has 10 aromatic rings. The summed E-state index contributed by atoms with van der Waals surface area (Å²) in [6, 6.07) is 35.5. The Kier molecular flexibility index (Phi) is 43.9. The van der Waals surface area contributed by atoms with Gasteiger partial charge in [0, 0.05) is 145 Å². The smallest absolute Gasteiger partial charge is 1.00 e. The molecule has 0 spiro atoms. The molecule has 14 rings (SSSR count). The predicted octanol–water partition coefficient (Wildman–Crippen LogP) is 20.8. The quantitative estimate of drug-likeness (QED) is 0.0300. The monoisotopic (exact) mass is 2030 g/mol. The molecule has 4 aliphatic heterocycles. The van der Waals surface area contributed by atoms with Crippen molar-refractivity contribution in [2.75, 3.05) is 63.8 Å². The van der Waals surface area contributed by atoms with Crippen LogP contribution in [-0.4, -0.2) is 197 Å². The van der Waals surface area contributed by atoms with Crippen LogP contribution in [0.4, 0.5) is 13.2 Å². The minimum atomic E-state index is -5.92. The van der Waals surface area contributed by atoms with Crippen LogP contribution in [0.2, 0.25) is 0 Å². The van der Waals surface area contributed by atoms with E-state index in [1.54, 1.807) is 67.3 Å². The van der Waals surface area contributed by atoms with Crippen molar-refractivity contribution in [1.29, 1.82) is 0 Å². The fourth-order valence-corrected chi connectivity index (χ4v) is 17.5. The number of nitrogens with zero attached hydrogens (tertiary/aromatic N) is 7. The van der Waals surface area contributed by atoms with Crippen LogP contribution in [0.5, 0.6) is 23.0 Å². The average molecular weight is 2030 g/mol. The third kappa shape index (κ3) is 31.0. The Hall–Kier alpha value is -8.93. The summed E-state index contributed by atoms with van der Waals surface area (Å²) in [5.74, 6) is 7.48. The first kappa shape index (κ1) is 117. The van der Waals surface area contributed by atoms with Crippen molar-refractivity contribution in [3.63, 3.8) is 0 Å². The summed E-state index contributed by atoms with van der Waals surface area (Å²) in [6.45, 7) is 49.7. The molecule has 0 radical (unpaired) electrons. The molecule has 0 N–H and O–H groups in total. The largest absolute Gasteiger partial charge is 2.00 e. The van der Waals surface area contributed by atoms with Crippen LogP contribution in [0, 0.1) is 12.5 Å². The van der Waals surface area contributed by atoms with Gasteiger partial charge in [-0.1, -0.05) is 98.3 Å². The summed E-state index contributed by atoms with van der Waals surface area (Å²) in [7, 11) is 7.23. The number of thiophene rings is 3. The molecule has 0 saturated carbocycles. The van der Waals surface area contributed by atoms with E-state index in [1.807, 2.05) is 158 Å². The fourth-order valence-electron chi connectivity index (χ4n) is 14.8. The van der Waals surface area contributed by atoms with E-state index in [2.05, 4.69) is 179 Å². The second-order valence-electron chi connectivity index (χ2n) is 37.5. The van der Waals surface area contributed by atoms with E-state index in [0.717, 1.165) is 116 Å². The van der Waals surface area contributed by atoms with Crippen molar-refractivity contribution in [3.8, 4) is 88.1 Å². The molecule has 137 heavy (non-hydrogen) atoms. The van der Waals surface area contributed by atoms with Gasteiger partial charge in [0.15, 0.2) is 11.5 Å². The van der Waals surface area contributed by atoms with E-state index in [0.29, 0.717) is 41.4 Å². The maximum atomic E-state index is 13.6. The Labute approximate surface area is 851 Å². The first-order chi connectivity index (χ1) is 63.3. The van der Waals surface area contributed by atoms with E-state index >= 15 is 0 Å². The van der Waals surface area contributed by atoms with Gasteiger partial charge < -0.3 is 98.0 Å². The third-order valence-electron chi connectivity index (χ3n) is 22.1. The number of carbonyl (C=O) groups excluding carboxylic acids is 3. The van der Waals surface area contributed by atoms with Gasteiger partial charge in [0.2, 0.25) is 0 Å². The summed E-state index contributed by atoms with van der Waals surface area (Å²) in [6.07, 6.45) is 8.82. The number of fused-ring (bicyclic) bond motifs is 9. The molecule has 3 amide bonds. The van der Waals surface area contributed by atoms with Crippen molar-refractivity contribution in [1.82, 2.24) is 33.4 Å². The number of alkyl halides is 3. The van der Waals surface area contributed by atoms with Crippen LogP contribution in [0.15, 0.2) is 184 Å². The van der Waals surface area contributed by atoms with Gasteiger partial charge in [0.1, 0.15) is 28.6 Å².